The van der Waals surface area contributed by atoms with Gasteiger partial charge in [0.15, 0.2) is 0 Å². The topological polar surface area (TPSA) is 72.0 Å². The predicted molar refractivity (Wildman–Crippen MR) is 53.0 cm³/mol. The Bertz CT molecular complexity index is 467. The van der Waals surface area contributed by atoms with Crippen molar-refractivity contribution in [2.45, 2.75) is 6.42 Å². The highest BCUT2D eigenvalue weighted by atomic mass is 16.5. The average Bonchev–Trinajstić information content (AvgIpc) is 2.56. The summed E-state index contributed by atoms with van der Waals surface area (Å²) in [4.78, 5) is 10.7. The largest absolute Gasteiger partial charge is 0.399 e. The first-order valence-electron chi connectivity index (χ1n) is 4.26. The van der Waals surface area contributed by atoms with E-state index in [-0.39, 0.29) is 5.63 Å². The molecule has 2 rings (SSSR count). The first-order chi connectivity index (χ1) is 6.74. The molecule has 0 aliphatic carbocycles. The molecule has 0 radical (unpaired) electrons. The van der Waals surface area contributed by atoms with Crippen molar-refractivity contribution in [3.8, 4) is 0 Å². The summed E-state index contributed by atoms with van der Waals surface area (Å²) in [6.07, 6.45) is 0.645. The van der Waals surface area contributed by atoms with E-state index in [0.717, 1.165) is 16.9 Å². The highest BCUT2D eigenvalue weighted by Crippen LogP contribution is 2.08. The number of nitrogen functional groups attached to an aromatic ring is 1. The number of anilines is 1. The lowest BCUT2D eigenvalue weighted by atomic mass is 10.1. The van der Waals surface area contributed by atoms with Crippen LogP contribution >= 0.6 is 0 Å². The van der Waals surface area contributed by atoms with E-state index in [0.29, 0.717) is 6.42 Å². The molecule has 0 saturated heterocycles. The van der Waals surface area contributed by atoms with Gasteiger partial charge in [0, 0.05) is 18.2 Å². The quantitative estimate of drug-likeness (QED) is 0.697. The van der Waals surface area contributed by atoms with Gasteiger partial charge in [-0.2, -0.15) is 0 Å². The van der Waals surface area contributed by atoms with Crippen LogP contribution in [-0.4, -0.2) is 5.16 Å². The zero-order valence-corrected chi connectivity index (χ0v) is 7.49. The van der Waals surface area contributed by atoms with Crippen molar-refractivity contribution in [3.05, 3.63) is 52.0 Å². The molecule has 2 aromatic rings. The fraction of sp³-hybridized carbons (Fsp3) is 0.100. The molecule has 0 fully saturated rings. The second kappa shape index (κ2) is 3.41. The van der Waals surface area contributed by atoms with Crippen molar-refractivity contribution in [3.63, 3.8) is 0 Å². The van der Waals surface area contributed by atoms with Crippen molar-refractivity contribution in [1.29, 1.82) is 0 Å². The molecule has 4 heteroatoms. The minimum absolute atomic E-state index is 0.351. The zero-order valence-electron chi connectivity index (χ0n) is 7.49. The van der Waals surface area contributed by atoms with Gasteiger partial charge in [-0.05, 0) is 17.7 Å². The second-order valence-corrected chi connectivity index (χ2v) is 3.11. The van der Waals surface area contributed by atoms with Crippen molar-refractivity contribution in [1.82, 2.24) is 5.16 Å². The van der Waals surface area contributed by atoms with E-state index in [1.54, 1.807) is 0 Å². The molecule has 1 aromatic carbocycles. The summed E-state index contributed by atoms with van der Waals surface area (Å²) in [6, 6.07) is 8.93. The Hall–Kier alpha value is -1.97. The van der Waals surface area contributed by atoms with E-state index >= 15 is 0 Å². The van der Waals surface area contributed by atoms with Crippen LogP contribution in [-0.2, 0) is 6.42 Å². The van der Waals surface area contributed by atoms with Gasteiger partial charge in [-0.3, -0.25) is 0 Å². The van der Waals surface area contributed by atoms with Crippen LogP contribution in [0.3, 0.4) is 0 Å². The zero-order chi connectivity index (χ0) is 9.97. The predicted octanol–water partition coefficient (Wildman–Crippen LogP) is 1.14. The summed E-state index contributed by atoms with van der Waals surface area (Å²) >= 11 is 0. The van der Waals surface area contributed by atoms with Crippen LogP contribution in [0.2, 0.25) is 0 Å². The summed E-state index contributed by atoms with van der Waals surface area (Å²) in [6.45, 7) is 0. The minimum Gasteiger partial charge on any atom is -0.399 e. The smallest absolute Gasteiger partial charge is 0.357 e. The molecule has 72 valence electrons. The van der Waals surface area contributed by atoms with Gasteiger partial charge in [0.25, 0.3) is 0 Å². The Morgan fingerprint density at radius 1 is 1.29 bits per heavy atom. The maximum atomic E-state index is 10.7. The molecule has 4 nitrogen and oxygen atoms in total. The van der Waals surface area contributed by atoms with Gasteiger partial charge in [-0.25, -0.2) is 9.95 Å². The normalized spacial score (nSPS) is 10.3. The Labute approximate surface area is 80.3 Å². The van der Waals surface area contributed by atoms with Crippen LogP contribution in [0.1, 0.15) is 11.3 Å². The number of H-pyrrole nitrogens is 1. The molecule has 14 heavy (non-hydrogen) atoms. The summed E-state index contributed by atoms with van der Waals surface area (Å²) in [5.41, 5.74) is 7.77. The van der Waals surface area contributed by atoms with Crippen LogP contribution in [0.25, 0.3) is 0 Å². The Morgan fingerprint density at radius 2 is 2.00 bits per heavy atom. The monoisotopic (exact) mass is 190 g/mol. The standard InChI is InChI=1S/C10H10N2O2/c11-8-3-1-7(2-4-8)5-9-6-10(13)14-12-9/h1-4,6,12H,5,11H2. The van der Waals surface area contributed by atoms with E-state index < -0.39 is 0 Å². The van der Waals surface area contributed by atoms with E-state index in [2.05, 4.69) is 9.68 Å². The molecule has 0 atom stereocenters. The van der Waals surface area contributed by atoms with E-state index in [1.807, 2.05) is 24.3 Å². The lowest BCUT2D eigenvalue weighted by Crippen LogP contribution is -1.90. The molecule has 3 N–H and O–H groups in total. The van der Waals surface area contributed by atoms with Crippen LogP contribution in [0, 0.1) is 0 Å². The molecule has 0 unspecified atom stereocenters. The number of rotatable bonds is 2. The summed E-state index contributed by atoms with van der Waals surface area (Å²) in [5, 5.41) is 2.55. The highest BCUT2D eigenvalue weighted by molar-refractivity contribution is 5.40. The molecule has 0 aliphatic heterocycles. The van der Waals surface area contributed by atoms with Gasteiger partial charge in [0.05, 0.1) is 5.69 Å². The lowest BCUT2D eigenvalue weighted by Gasteiger charge is -1.98. The van der Waals surface area contributed by atoms with Gasteiger partial charge in [0.2, 0.25) is 0 Å². The maximum Gasteiger partial charge on any atom is 0.357 e. The van der Waals surface area contributed by atoms with Gasteiger partial charge in [0.1, 0.15) is 0 Å². The van der Waals surface area contributed by atoms with E-state index in [1.165, 1.54) is 6.07 Å². The summed E-state index contributed by atoms with van der Waals surface area (Å²) < 4.78 is 4.56. The Kier molecular flexibility index (Phi) is 2.10. The van der Waals surface area contributed by atoms with Crippen LogP contribution in [0.5, 0.6) is 0 Å². The lowest BCUT2D eigenvalue weighted by molar-refractivity contribution is 0.386. The van der Waals surface area contributed by atoms with E-state index in [4.69, 9.17) is 5.73 Å². The maximum absolute atomic E-state index is 10.7. The van der Waals surface area contributed by atoms with Crippen molar-refractivity contribution in [2.75, 3.05) is 5.73 Å². The molecule has 0 amide bonds. The number of nitrogens with two attached hydrogens (primary N) is 1. The number of aromatic nitrogens is 1. The van der Waals surface area contributed by atoms with Crippen LogP contribution < -0.4 is 11.4 Å². The molecule has 1 heterocycles. The Balaban J connectivity index is 2.19. The number of aromatic amines is 1. The highest BCUT2D eigenvalue weighted by Gasteiger charge is 1.99. The number of nitrogens with one attached hydrogen (secondary N) is 1. The molecule has 0 aliphatic rings. The third-order valence-corrected chi connectivity index (χ3v) is 1.95. The molecule has 0 saturated carbocycles. The van der Waals surface area contributed by atoms with Gasteiger partial charge in [-0.1, -0.05) is 12.1 Å². The molecule has 0 bridgehead atoms. The third-order valence-electron chi connectivity index (χ3n) is 1.95. The van der Waals surface area contributed by atoms with Crippen molar-refractivity contribution >= 4 is 5.69 Å². The Morgan fingerprint density at radius 3 is 2.57 bits per heavy atom. The third kappa shape index (κ3) is 1.85. The average molecular weight is 190 g/mol. The van der Waals surface area contributed by atoms with Gasteiger partial charge >= 0.3 is 5.63 Å². The van der Waals surface area contributed by atoms with E-state index in [9.17, 15) is 4.79 Å². The molecular formula is C10H10N2O2. The van der Waals surface area contributed by atoms with Crippen LogP contribution in [0.4, 0.5) is 5.69 Å². The SMILES string of the molecule is Nc1ccc(Cc2cc(=O)o[nH]2)cc1. The summed E-state index contributed by atoms with van der Waals surface area (Å²) in [5.74, 6) is 0. The number of benzene rings is 1. The number of hydrogen-bond donors (Lipinski definition) is 2. The first-order valence-corrected chi connectivity index (χ1v) is 4.26. The van der Waals surface area contributed by atoms with Crippen molar-refractivity contribution < 1.29 is 4.52 Å². The first kappa shape index (κ1) is 8.62. The molecular weight excluding hydrogens is 180 g/mol. The molecule has 1 aromatic heterocycles. The number of hydrogen-bond acceptors (Lipinski definition) is 3. The second-order valence-electron chi connectivity index (χ2n) is 3.11. The fourth-order valence-corrected chi connectivity index (χ4v) is 1.26. The minimum atomic E-state index is -0.351. The summed E-state index contributed by atoms with van der Waals surface area (Å²) in [7, 11) is 0. The van der Waals surface area contributed by atoms with Gasteiger partial charge < -0.3 is 10.3 Å². The van der Waals surface area contributed by atoms with Gasteiger partial charge in [-0.15, -0.1) is 0 Å². The fourth-order valence-electron chi connectivity index (χ4n) is 1.26. The molecule has 0 spiro atoms. The van der Waals surface area contributed by atoms with Crippen molar-refractivity contribution in [2.24, 2.45) is 0 Å². The van der Waals surface area contributed by atoms with Crippen LogP contribution in [0.15, 0.2) is 39.6 Å².